The molecule has 0 aliphatic heterocycles. The average molecular weight is 373 g/mol. The van der Waals surface area contributed by atoms with E-state index in [0.29, 0.717) is 0 Å². The van der Waals surface area contributed by atoms with Gasteiger partial charge in [0.25, 0.3) is 5.91 Å². The van der Waals surface area contributed by atoms with Crippen LogP contribution in [0.1, 0.15) is 33.0 Å². The smallest absolute Gasteiger partial charge is 0.303 e. The first-order valence-corrected chi connectivity index (χ1v) is 7.47. The third-order valence-corrected chi connectivity index (χ3v) is 3.78. The van der Waals surface area contributed by atoms with Gasteiger partial charge in [-0.3, -0.25) is 14.3 Å². The van der Waals surface area contributed by atoms with Crippen LogP contribution in [0.15, 0.2) is 18.3 Å². The predicted octanol–water partition coefficient (Wildman–Crippen LogP) is 2.57. The molecule has 2 N–H and O–H groups in total. The Hall–Kier alpha value is -3.86. The number of hydrogen-bond donors (Lipinski definition) is 2. The monoisotopic (exact) mass is 373 g/mol. The van der Waals surface area contributed by atoms with Crippen LogP contribution in [0.2, 0.25) is 0 Å². The number of nitrogens with zero attached hydrogens (tertiary/aromatic N) is 5. The van der Waals surface area contributed by atoms with Gasteiger partial charge in [-0.25, -0.2) is 4.98 Å². The Bertz CT molecular complexity index is 1130. The number of rotatable bonds is 3. The molecule has 0 saturated carbocycles. The van der Waals surface area contributed by atoms with Crippen molar-refractivity contribution in [3.05, 3.63) is 46.5 Å². The first-order chi connectivity index (χ1) is 12.8. The van der Waals surface area contributed by atoms with Gasteiger partial charge >= 0.3 is 6.18 Å². The zero-order chi connectivity index (χ0) is 19.8. The van der Waals surface area contributed by atoms with Gasteiger partial charge in [-0.15, -0.1) is 0 Å². The van der Waals surface area contributed by atoms with Crippen molar-refractivity contribution >= 4 is 17.4 Å². The predicted molar refractivity (Wildman–Crippen MR) is 85.5 cm³/mol. The summed E-state index contributed by atoms with van der Waals surface area (Å²) in [6, 6.07) is 5.71. The number of aryl methyl sites for hydroxylation is 1. The Morgan fingerprint density at radius 2 is 2.11 bits per heavy atom. The van der Waals surface area contributed by atoms with E-state index in [9.17, 15) is 23.2 Å². The van der Waals surface area contributed by atoms with E-state index in [2.05, 4.69) is 20.5 Å². The molecule has 1 amide bonds. The van der Waals surface area contributed by atoms with Crippen molar-refractivity contribution in [1.82, 2.24) is 19.6 Å². The molecule has 0 spiro atoms. The summed E-state index contributed by atoms with van der Waals surface area (Å²) in [5.41, 5.74) is -0.478. The van der Waals surface area contributed by atoms with Crippen LogP contribution < -0.4 is 5.32 Å². The summed E-state index contributed by atoms with van der Waals surface area (Å²) < 4.78 is 39.9. The zero-order valence-electron chi connectivity index (χ0n) is 13.7. The quantitative estimate of drug-likeness (QED) is 0.730. The van der Waals surface area contributed by atoms with Gasteiger partial charge in [0, 0.05) is 6.20 Å². The van der Waals surface area contributed by atoms with E-state index in [1.165, 1.54) is 6.92 Å². The SMILES string of the molecule is Cc1nc2ccc(C(F)(F)F)cn2c1C(=O)Nc1n[nH]c(CC#N)c1C#N. The topological polar surface area (TPSA) is 123 Å². The van der Waals surface area contributed by atoms with Gasteiger partial charge in [0.1, 0.15) is 23.0 Å². The highest BCUT2D eigenvalue weighted by Crippen LogP contribution is 2.30. The summed E-state index contributed by atoms with van der Waals surface area (Å²) in [5.74, 6) is -0.903. The molecule has 0 radical (unpaired) electrons. The molecule has 3 heterocycles. The van der Waals surface area contributed by atoms with Crippen molar-refractivity contribution in [3.8, 4) is 12.1 Å². The minimum absolute atomic E-state index is 0.0210. The highest BCUT2D eigenvalue weighted by molar-refractivity contribution is 6.04. The van der Waals surface area contributed by atoms with Crippen molar-refractivity contribution in [2.45, 2.75) is 19.5 Å². The van der Waals surface area contributed by atoms with E-state index in [0.717, 1.165) is 22.7 Å². The van der Waals surface area contributed by atoms with Crippen molar-refractivity contribution in [1.29, 1.82) is 10.5 Å². The third-order valence-electron chi connectivity index (χ3n) is 3.78. The minimum Gasteiger partial charge on any atom is -0.303 e. The maximum atomic E-state index is 13.0. The van der Waals surface area contributed by atoms with Crippen LogP contribution >= 0.6 is 0 Å². The van der Waals surface area contributed by atoms with Crippen LogP contribution in [0.5, 0.6) is 0 Å². The number of halogens is 3. The van der Waals surface area contributed by atoms with Gasteiger partial charge in [-0.1, -0.05) is 0 Å². The van der Waals surface area contributed by atoms with Gasteiger partial charge in [-0.05, 0) is 19.1 Å². The average Bonchev–Trinajstić information content (AvgIpc) is 3.13. The number of aromatic nitrogens is 4. The molecule has 27 heavy (non-hydrogen) atoms. The van der Waals surface area contributed by atoms with Gasteiger partial charge in [0.2, 0.25) is 0 Å². The van der Waals surface area contributed by atoms with Crippen LogP contribution in [0.25, 0.3) is 5.65 Å². The summed E-state index contributed by atoms with van der Waals surface area (Å²) in [6.45, 7) is 1.48. The fourth-order valence-electron chi connectivity index (χ4n) is 2.57. The number of hydrogen-bond acceptors (Lipinski definition) is 5. The van der Waals surface area contributed by atoms with E-state index >= 15 is 0 Å². The summed E-state index contributed by atoms with van der Waals surface area (Å²) in [6.07, 6.45) is -3.92. The fourth-order valence-corrected chi connectivity index (χ4v) is 2.57. The standard InChI is InChI=1S/C16H10F3N7O/c1-8-13(26-7-9(16(17,18)19)2-3-12(26)22-8)15(27)23-14-10(6-21)11(4-5-20)24-25-14/h2-3,7H,4H2,1H3,(H2,23,24,25,27). The maximum Gasteiger partial charge on any atom is 0.417 e. The molecule has 0 saturated heterocycles. The molecule has 11 heteroatoms. The molecular weight excluding hydrogens is 363 g/mol. The first kappa shape index (κ1) is 17.9. The fraction of sp³-hybridized carbons (Fsp3) is 0.188. The minimum atomic E-state index is -4.58. The number of nitriles is 2. The van der Waals surface area contributed by atoms with Crippen LogP contribution in [0.3, 0.4) is 0 Å². The molecule has 3 aromatic rings. The van der Waals surface area contributed by atoms with Crippen molar-refractivity contribution in [2.75, 3.05) is 5.32 Å². The number of nitrogens with one attached hydrogen (secondary N) is 2. The highest BCUT2D eigenvalue weighted by Gasteiger charge is 2.32. The number of imidazole rings is 1. The van der Waals surface area contributed by atoms with Crippen molar-refractivity contribution in [2.24, 2.45) is 0 Å². The summed E-state index contributed by atoms with van der Waals surface area (Å²) in [7, 11) is 0. The van der Waals surface area contributed by atoms with E-state index in [4.69, 9.17) is 5.26 Å². The second kappa shape index (κ2) is 6.46. The van der Waals surface area contributed by atoms with Gasteiger partial charge < -0.3 is 5.32 Å². The molecule has 3 aromatic heterocycles. The first-order valence-electron chi connectivity index (χ1n) is 7.47. The van der Waals surface area contributed by atoms with Crippen molar-refractivity contribution in [3.63, 3.8) is 0 Å². The van der Waals surface area contributed by atoms with Crippen LogP contribution in [0, 0.1) is 29.6 Å². The lowest BCUT2D eigenvalue weighted by atomic mass is 10.2. The number of pyridine rings is 1. The number of amides is 1. The van der Waals surface area contributed by atoms with Gasteiger partial charge in [0.15, 0.2) is 5.82 Å². The highest BCUT2D eigenvalue weighted by atomic mass is 19.4. The van der Waals surface area contributed by atoms with Crippen LogP contribution in [-0.4, -0.2) is 25.5 Å². The zero-order valence-corrected chi connectivity index (χ0v) is 13.7. The Kier molecular flexibility index (Phi) is 4.29. The number of anilines is 1. The van der Waals surface area contributed by atoms with E-state index in [-0.39, 0.29) is 40.5 Å². The third kappa shape index (κ3) is 3.18. The van der Waals surface area contributed by atoms with Gasteiger partial charge in [0.05, 0.1) is 29.4 Å². The van der Waals surface area contributed by atoms with E-state index in [1.54, 1.807) is 0 Å². The van der Waals surface area contributed by atoms with E-state index in [1.807, 2.05) is 12.1 Å². The Labute approximate surface area is 149 Å². The molecule has 0 fully saturated rings. The molecule has 0 aliphatic carbocycles. The lowest BCUT2D eigenvalue weighted by Crippen LogP contribution is -2.17. The molecule has 3 rings (SSSR count). The molecule has 8 nitrogen and oxygen atoms in total. The molecule has 0 unspecified atom stereocenters. The number of carbonyl (C=O) groups is 1. The largest absolute Gasteiger partial charge is 0.417 e. The number of aromatic amines is 1. The molecule has 0 bridgehead atoms. The van der Waals surface area contributed by atoms with Gasteiger partial charge in [-0.2, -0.15) is 28.8 Å². The molecule has 136 valence electrons. The summed E-state index contributed by atoms with van der Waals surface area (Å²) >= 11 is 0. The van der Waals surface area contributed by atoms with Crippen LogP contribution in [-0.2, 0) is 12.6 Å². The number of carbonyl (C=O) groups excluding carboxylic acids is 1. The second-order valence-electron chi connectivity index (χ2n) is 5.52. The Morgan fingerprint density at radius 3 is 2.74 bits per heavy atom. The summed E-state index contributed by atoms with van der Waals surface area (Å²) in [5, 5.41) is 26.6. The summed E-state index contributed by atoms with van der Waals surface area (Å²) in [4.78, 5) is 16.7. The molecule has 0 aliphatic rings. The molecule has 0 atom stereocenters. The second-order valence-corrected chi connectivity index (χ2v) is 5.52. The van der Waals surface area contributed by atoms with Crippen LogP contribution in [0.4, 0.5) is 19.0 Å². The number of alkyl halides is 3. The molecule has 0 aromatic carbocycles. The van der Waals surface area contributed by atoms with E-state index < -0.39 is 17.6 Å². The number of H-pyrrole nitrogens is 1. The Morgan fingerprint density at radius 1 is 1.37 bits per heavy atom. The molecular formula is C16H10F3N7O. The lowest BCUT2D eigenvalue weighted by Gasteiger charge is -2.08. The normalized spacial score (nSPS) is 11.2. The number of fused-ring (bicyclic) bond motifs is 1. The van der Waals surface area contributed by atoms with Crippen molar-refractivity contribution < 1.29 is 18.0 Å². The Balaban J connectivity index is 2.03. The maximum absolute atomic E-state index is 13.0. The lowest BCUT2D eigenvalue weighted by molar-refractivity contribution is -0.137.